The first kappa shape index (κ1) is 12.5. The molecular weight excluding hydrogens is 206 g/mol. The van der Waals surface area contributed by atoms with Crippen molar-refractivity contribution < 1.29 is 9.59 Å². The number of carbonyl (C=O) groups excluding carboxylic acids is 2. The van der Waals surface area contributed by atoms with Gasteiger partial charge in [0.2, 0.25) is 11.8 Å². The van der Waals surface area contributed by atoms with Gasteiger partial charge in [-0.2, -0.15) is 5.26 Å². The van der Waals surface area contributed by atoms with Gasteiger partial charge in [-0.25, -0.2) is 0 Å². The van der Waals surface area contributed by atoms with Crippen LogP contribution in [0.25, 0.3) is 0 Å². The second kappa shape index (κ2) is 4.52. The molecule has 16 heavy (non-hydrogen) atoms. The molecule has 1 unspecified atom stereocenters. The van der Waals surface area contributed by atoms with E-state index in [-0.39, 0.29) is 17.9 Å². The molecule has 88 valence electrons. The van der Waals surface area contributed by atoms with Crippen LogP contribution in [-0.2, 0) is 9.59 Å². The van der Waals surface area contributed by atoms with Gasteiger partial charge >= 0.3 is 0 Å². The fraction of sp³-hybridized carbons (Fsp3) is 0.727. The normalized spacial score (nSPS) is 20.4. The molecule has 1 aliphatic heterocycles. The second-order valence-electron chi connectivity index (χ2n) is 4.67. The van der Waals surface area contributed by atoms with Crippen molar-refractivity contribution in [1.29, 1.82) is 5.26 Å². The lowest BCUT2D eigenvalue weighted by Gasteiger charge is -2.23. The summed E-state index contributed by atoms with van der Waals surface area (Å²) in [6.07, 6.45) is 0.757. The molecule has 5 heteroatoms. The van der Waals surface area contributed by atoms with Gasteiger partial charge in [0.25, 0.3) is 0 Å². The van der Waals surface area contributed by atoms with Gasteiger partial charge in [-0.3, -0.25) is 9.59 Å². The fourth-order valence-electron chi connectivity index (χ4n) is 1.79. The molecular formula is C11H17N3O2. The summed E-state index contributed by atoms with van der Waals surface area (Å²) < 4.78 is 0. The Morgan fingerprint density at radius 3 is 2.62 bits per heavy atom. The molecule has 0 saturated carbocycles. The van der Waals surface area contributed by atoms with Crippen LogP contribution in [0.1, 0.15) is 27.2 Å². The van der Waals surface area contributed by atoms with E-state index in [2.05, 4.69) is 5.32 Å². The lowest BCUT2D eigenvalue weighted by Crippen LogP contribution is -2.41. The van der Waals surface area contributed by atoms with E-state index in [9.17, 15) is 9.59 Å². The summed E-state index contributed by atoms with van der Waals surface area (Å²) in [4.78, 5) is 24.4. The summed E-state index contributed by atoms with van der Waals surface area (Å²) >= 11 is 0. The number of hydrogen-bond acceptors (Lipinski definition) is 3. The second-order valence-corrected chi connectivity index (χ2v) is 4.67. The minimum Gasteiger partial charge on any atom is -0.352 e. The summed E-state index contributed by atoms with van der Waals surface area (Å²) in [5.74, 6) is -0.248. The molecule has 1 fully saturated rings. The number of nitrogens with zero attached hydrogens (tertiary/aromatic N) is 2. The van der Waals surface area contributed by atoms with Gasteiger partial charge in [-0.05, 0) is 20.3 Å². The molecule has 1 atom stereocenters. The van der Waals surface area contributed by atoms with E-state index >= 15 is 0 Å². The number of nitrogens with one attached hydrogen (secondary N) is 1. The maximum Gasteiger partial charge on any atom is 0.242 e. The molecule has 1 saturated heterocycles. The highest BCUT2D eigenvalue weighted by molar-refractivity contribution is 5.85. The molecule has 1 aliphatic rings. The Morgan fingerprint density at radius 1 is 1.50 bits per heavy atom. The van der Waals surface area contributed by atoms with Crippen LogP contribution in [0.5, 0.6) is 0 Å². The van der Waals surface area contributed by atoms with Crippen LogP contribution in [0.15, 0.2) is 0 Å². The van der Waals surface area contributed by atoms with E-state index in [1.807, 2.05) is 6.07 Å². The largest absolute Gasteiger partial charge is 0.352 e. The van der Waals surface area contributed by atoms with E-state index in [1.165, 1.54) is 6.92 Å². The molecule has 1 heterocycles. The van der Waals surface area contributed by atoms with Crippen molar-refractivity contribution in [2.45, 2.75) is 33.2 Å². The first-order valence-electron chi connectivity index (χ1n) is 5.34. The monoisotopic (exact) mass is 223 g/mol. The predicted molar refractivity (Wildman–Crippen MR) is 58.2 cm³/mol. The van der Waals surface area contributed by atoms with Crippen LogP contribution < -0.4 is 5.32 Å². The number of nitriles is 1. The molecule has 2 amide bonds. The SMILES string of the molecule is CC(=O)NC1CCN(C(=O)C(C)(C)C#N)C1. The zero-order valence-corrected chi connectivity index (χ0v) is 9.91. The van der Waals surface area contributed by atoms with Gasteiger partial charge in [-0.15, -0.1) is 0 Å². The van der Waals surface area contributed by atoms with Gasteiger partial charge in [0, 0.05) is 26.1 Å². The Bertz CT molecular complexity index is 344. The maximum atomic E-state index is 11.9. The number of likely N-dealkylation sites (tertiary alicyclic amines) is 1. The highest BCUT2D eigenvalue weighted by atomic mass is 16.2. The van der Waals surface area contributed by atoms with E-state index in [4.69, 9.17) is 5.26 Å². The summed E-state index contributed by atoms with van der Waals surface area (Å²) in [5.41, 5.74) is -0.981. The van der Waals surface area contributed by atoms with Gasteiger partial charge in [0.1, 0.15) is 5.41 Å². The van der Waals surface area contributed by atoms with Crippen molar-refractivity contribution in [3.63, 3.8) is 0 Å². The van der Waals surface area contributed by atoms with Crippen LogP contribution in [-0.4, -0.2) is 35.8 Å². The lowest BCUT2D eigenvalue weighted by molar-refractivity contribution is -0.136. The molecule has 1 N–H and O–H groups in total. The standard InChI is InChI=1S/C11H17N3O2/c1-8(15)13-9-4-5-14(6-9)10(16)11(2,3)7-12/h9H,4-6H2,1-3H3,(H,13,15). The lowest BCUT2D eigenvalue weighted by atomic mass is 9.94. The number of amides is 2. The molecule has 1 rings (SSSR count). The minimum atomic E-state index is -0.981. The van der Waals surface area contributed by atoms with E-state index in [1.54, 1.807) is 18.7 Å². The van der Waals surface area contributed by atoms with E-state index in [0.29, 0.717) is 13.1 Å². The van der Waals surface area contributed by atoms with Crippen molar-refractivity contribution in [3.05, 3.63) is 0 Å². The molecule has 0 aromatic heterocycles. The van der Waals surface area contributed by atoms with Crippen LogP contribution in [0.2, 0.25) is 0 Å². The van der Waals surface area contributed by atoms with Crippen LogP contribution in [0.4, 0.5) is 0 Å². The van der Waals surface area contributed by atoms with Crippen LogP contribution in [0.3, 0.4) is 0 Å². The summed E-state index contributed by atoms with van der Waals surface area (Å²) in [6.45, 7) is 5.80. The van der Waals surface area contributed by atoms with Crippen molar-refractivity contribution in [3.8, 4) is 6.07 Å². The Kier molecular flexibility index (Phi) is 3.53. The zero-order chi connectivity index (χ0) is 12.3. The molecule has 0 aromatic rings. The summed E-state index contributed by atoms with van der Waals surface area (Å²) in [6, 6.07) is 2.02. The molecule has 0 bridgehead atoms. The van der Waals surface area contributed by atoms with Crippen molar-refractivity contribution in [1.82, 2.24) is 10.2 Å². The summed E-state index contributed by atoms with van der Waals surface area (Å²) in [5, 5.41) is 11.6. The predicted octanol–water partition coefficient (Wildman–Crippen LogP) is 0.273. The van der Waals surface area contributed by atoms with Gasteiger partial charge in [-0.1, -0.05) is 0 Å². The van der Waals surface area contributed by atoms with E-state index in [0.717, 1.165) is 6.42 Å². The third-order valence-corrected chi connectivity index (χ3v) is 2.70. The minimum absolute atomic E-state index is 0.0240. The Morgan fingerprint density at radius 2 is 2.12 bits per heavy atom. The Labute approximate surface area is 95.4 Å². The number of hydrogen-bond donors (Lipinski definition) is 1. The summed E-state index contributed by atoms with van der Waals surface area (Å²) in [7, 11) is 0. The topological polar surface area (TPSA) is 73.2 Å². The Balaban J connectivity index is 2.57. The molecule has 5 nitrogen and oxygen atoms in total. The highest BCUT2D eigenvalue weighted by Gasteiger charge is 2.36. The molecule has 0 aliphatic carbocycles. The highest BCUT2D eigenvalue weighted by Crippen LogP contribution is 2.21. The first-order valence-corrected chi connectivity index (χ1v) is 5.34. The zero-order valence-electron chi connectivity index (χ0n) is 9.91. The van der Waals surface area contributed by atoms with Crippen LogP contribution >= 0.6 is 0 Å². The van der Waals surface area contributed by atoms with Gasteiger partial charge in [0.15, 0.2) is 0 Å². The molecule has 0 spiro atoms. The third kappa shape index (κ3) is 2.72. The Hall–Kier alpha value is -1.57. The molecule has 0 radical (unpaired) electrons. The van der Waals surface area contributed by atoms with Crippen molar-refractivity contribution in [2.24, 2.45) is 5.41 Å². The number of carbonyl (C=O) groups is 2. The van der Waals surface area contributed by atoms with Crippen molar-refractivity contribution >= 4 is 11.8 Å². The average molecular weight is 223 g/mol. The van der Waals surface area contributed by atoms with Gasteiger partial charge in [0.05, 0.1) is 6.07 Å². The fourth-order valence-corrected chi connectivity index (χ4v) is 1.79. The van der Waals surface area contributed by atoms with Gasteiger partial charge < -0.3 is 10.2 Å². The average Bonchev–Trinajstić information content (AvgIpc) is 2.64. The van der Waals surface area contributed by atoms with E-state index < -0.39 is 5.41 Å². The third-order valence-electron chi connectivity index (χ3n) is 2.70. The van der Waals surface area contributed by atoms with Crippen LogP contribution in [0, 0.1) is 16.7 Å². The van der Waals surface area contributed by atoms with Crippen molar-refractivity contribution in [2.75, 3.05) is 13.1 Å². The maximum absolute atomic E-state index is 11.9. The first-order chi connectivity index (χ1) is 7.36. The molecule has 0 aromatic carbocycles. The number of rotatable bonds is 2. The quantitative estimate of drug-likeness (QED) is 0.730. The smallest absolute Gasteiger partial charge is 0.242 e.